The van der Waals surface area contributed by atoms with E-state index in [0.717, 1.165) is 26.2 Å². The van der Waals surface area contributed by atoms with Crippen LogP contribution >= 0.6 is 24.8 Å². The van der Waals surface area contributed by atoms with Crippen LogP contribution in [0.15, 0.2) is 30.3 Å². The summed E-state index contributed by atoms with van der Waals surface area (Å²) in [4.78, 5) is 16.0. The fourth-order valence-electron chi connectivity index (χ4n) is 2.91. The summed E-state index contributed by atoms with van der Waals surface area (Å²) in [5, 5.41) is 0. The second kappa shape index (κ2) is 11.7. The first-order chi connectivity index (χ1) is 10.2. The molecule has 0 bridgehead atoms. The molecule has 1 aliphatic heterocycles. The number of ether oxygens (including phenoxy) is 1. The monoisotopic (exact) mass is 362 g/mol. The van der Waals surface area contributed by atoms with Crippen LogP contribution in [0.1, 0.15) is 24.8 Å². The minimum absolute atomic E-state index is 0. The van der Waals surface area contributed by atoms with E-state index in [1.807, 2.05) is 0 Å². The van der Waals surface area contributed by atoms with Crippen LogP contribution in [-0.2, 0) is 16.1 Å². The van der Waals surface area contributed by atoms with E-state index >= 15 is 0 Å². The number of esters is 1. The highest BCUT2D eigenvalue weighted by Crippen LogP contribution is 2.17. The van der Waals surface area contributed by atoms with Crippen LogP contribution in [0.5, 0.6) is 0 Å². The number of rotatable bonds is 6. The SMILES string of the molecule is COC(=O)CCN(C)C1CCN(Cc2ccccc2)CC1.Cl.Cl. The molecule has 1 saturated heterocycles. The number of nitrogens with zero attached hydrogens (tertiary/aromatic N) is 2. The molecule has 1 aliphatic rings. The largest absolute Gasteiger partial charge is 0.469 e. The van der Waals surface area contributed by atoms with E-state index in [-0.39, 0.29) is 30.8 Å². The van der Waals surface area contributed by atoms with Gasteiger partial charge in [0.15, 0.2) is 0 Å². The third-order valence-electron chi connectivity index (χ3n) is 4.33. The zero-order chi connectivity index (χ0) is 15.1. The van der Waals surface area contributed by atoms with Gasteiger partial charge in [0.25, 0.3) is 0 Å². The van der Waals surface area contributed by atoms with Crippen molar-refractivity contribution < 1.29 is 9.53 Å². The Labute approximate surface area is 152 Å². The summed E-state index contributed by atoms with van der Waals surface area (Å²) >= 11 is 0. The summed E-state index contributed by atoms with van der Waals surface area (Å²) in [6.07, 6.45) is 2.83. The van der Waals surface area contributed by atoms with Crippen LogP contribution in [0.25, 0.3) is 0 Å². The lowest BCUT2D eigenvalue weighted by Gasteiger charge is -2.36. The van der Waals surface area contributed by atoms with E-state index in [1.165, 1.54) is 25.5 Å². The van der Waals surface area contributed by atoms with E-state index in [4.69, 9.17) is 4.74 Å². The van der Waals surface area contributed by atoms with Gasteiger partial charge in [0.1, 0.15) is 0 Å². The van der Waals surface area contributed by atoms with Gasteiger partial charge in [-0.25, -0.2) is 0 Å². The van der Waals surface area contributed by atoms with Gasteiger partial charge < -0.3 is 9.64 Å². The first-order valence-corrected chi connectivity index (χ1v) is 7.72. The van der Waals surface area contributed by atoms with Crippen molar-refractivity contribution in [3.63, 3.8) is 0 Å². The van der Waals surface area contributed by atoms with Crippen molar-refractivity contribution in [3.8, 4) is 0 Å². The van der Waals surface area contributed by atoms with Crippen molar-refractivity contribution in [3.05, 3.63) is 35.9 Å². The molecule has 0 unspecified atom stereocenters. The second-order valence-corrected chi connectivity index (χ2v) is 5.80. The minimum atomic E-state index is -0.122. The van der Waals surface area contributed by atoms with Gasteiger partial charge in [0, 0.05) is 19.1 Å². The van der Waals surface area contributed by atoms with Gasteiger partial charge in [-0.1, -0.05) is 30.3 Å². The maximum absolute atomic E-state index is 11.2. The van der Waals surface area contributed by atoms with Crippen molar-refractivity contribution >= 4 is 30.8 Å². The maximum atomic E-state index is 11.2. The lowest BCUT2D eigenvalue weighted by Crippen LogP contribution is -2.43. The molecule has 1 fully saturated rings. The lowest BCUT2D eigenvalue weighted by molar-refractivity contribution is -0.141. The molecule has 2 rings (SSSR count). The van der Waals surface area contributed by atoms with Crippen LogP contribution < -0.4 is 0 Å². The topological polar surface area (TPSA) is 32.8 Å². The van der Waals surface area contributed by atoms with Crippen LogP contribution in [0, 0.1) is 0 Å². The van der Waals surface area contributed by atoms with Crippen LogP contribution in [0.4, 0.5) is 0 Å². The number of likely N-dealkylation sites (tertiary alicyclic amines) is 1. The molecule has 1 aromatic carbocycles. The Kier molecular flexibility index (Phi) is 11.3. The molecule has 6 heteroatoms. The van der Waals surface area contributed by atoms with Gasteiger partial charge in [-0.05, 0) is 38.5 Å². The lowest BCUT2D eigenvalue weighted by atomic mass is 10.0. The smallest absolute Gasteiger partial charge is 0.306 e. The van der Waals surface area contributed by atoms with Crippen LogP contribution in [0.3, 0.4) is 0 Å². The number of benzene rings is 1. The molecule has 1 aromatic rings. The molecule has 0 aromatic heterocycles. The molecule has 23 heavy (non-hydrogen) atoms. The van der Waals surface area contributed by atoms with E-state index in [2.05, 4.69) is 47.2 Å². The summed E-state index contributed by atoms with van der Waals surface area (Å²) in [6.45, 7) is 4.08. The molecule has 0 aliphatic carbocycles. The molecule has 0 amide bonds. The number of carbonyl (C=O) groups excluding carboxylic acids is 1. The summed E-state index contributed by atoms with van der Waals surface area (Å²) in [5.41, 5.74) is 1.38. The van der Waals surface area contributed by atoms with Gasteiger partial charge in [0.2, 0.25) is 0 Å². The Balaban J connectivity index is 0.00000242. The van der Waals surface area contributed by atoms with Gasteiger partial charge in [-0.2, -0.15) is 0 Å². The molecule has 132 valence electrons. The van der Waals surface area contributed by atoms with Gasteiger partial charge in [0.05, 0.1) is 13.5 Å². The Morgan fingerprint density at radius 3 is 2.39 bits per heavy atom. The average Bonchev–Trinajstić information content (AvgIpc) is 2.54. The van der Waals surface area contributed by atoms with Crippen molar-refractivity contribution in [1.29, 1.82) is 0 Å². The second-order valence-electron chi connectivity index (χ2n) is 5.80. The molecule has 1 heterocycles. The highest BCUT2D eigenvalue weighted by Gasteiger charge is 2.22. The fourth-order valence-corrected chi connectivity index (χ4v) is 2.91. The molecule has 0 saturated carbocycles. The molecule has 0 spiro atoms. The first-order valence-electron chi connectivity index (χ1n) is 7.72. The van der Waals surface area contributed by atoms with E-state index in [9.17, 15) is 4.79 Å². The number of hydrogen-bond acceptors (Lipinski definition) is 4. The highest BCUT2D eigenvalue weighted by atomic mass is 35.5. The Morgan fingerprint density at radius 2 is 1.83 bits per heavy atom. The van der Waals surface area contributed by atoms with Gasteiger partial charge in [-0.3, -0.25) is 9.69 Å². The molecule has 0 radical (unpaired) electrons. The average molecular weight is 363 g/mol. The predicted molar refractivity (Wildman–Crippen MR) is 98.5 cm³/mol. The Hall–Kier alpha value is -0.810. The minimum Gasteiger partial charge on any atom is -0.469 e. The predicted octanol–water partition coefficient (Wildman–Crippen LogP) is 2.99. The molecule has 4 nitrogen and oxygen atoms in total. The maximum Gasteiger partial charge on any atom is 0.306 e. The number of hydrogen-bond donors (Lipinski definition) is 0. The fraction of sp³-hybridized carbons (Fsp3) is 0.588. The standard InChI is InChI=1S/C17H26N2O2.2ClH/c1-18(11-10-17(20)21-2)16-8-12-19(13-9-16)14-15-6-4-3-5-7-15;;/h3-7,16H,8-14H2,1-2H3;2*1H. The van der Waals surface area contributed by atoms with E-state index < -0.39 is 0 Å². The van der Waals surface area contributed by atoms with E-state index in [1.54, 1.807) is 0 Å². The van der Waals surface area contributed by atoms with E-state index in [0.29, 0.717) is 12.5 Å². The molecule has 0 N–H and O–H groups in total. The van der Waals surface area contributed by atoms with Crippen molar-refractivity contribution in [2.24, 2.45) is 0 Å². The zero-order valence-corrected chi connectivity index (χ0v) is 15.6. The number of carbonyl (C=O) groups is 1. The highest BCUT2D eigenvalue weighted by molar-refractivity contribution is 5.85. The van der Waals surface area contributed by atoms with Gasteiger partial charge in [-0.15, -0.1) is 24.8 Å². The zero-order valence-electron chi connectivity index (χ0n) is 13.9. The third-order valence-corrected chi connectivity index (χ3v) is 4.33. The first kappa shape index (κ1) is 22.2. The van der Waals surface area contributed by atoms with Crippen LogP contribution in [-0.4, -0.2) is 55.6 Å². The van der Waals surface area contributed by atoms with Gasteiger partial charge >= 0.3 is 5.97 Å². The Bertz CT molecular complexity index is 437. The quantitative estimate of drug-likeness (QED) is 0.728. The summed E-state index contributed by atoms with van der Waals surface area (Å²) in [5.74, 6) is -0.122. The molecular formula is C17H28Cl2N2O2. The Morgan fingerprint density at radius 1 is 1.22 bits per heavy atom. The third kappa shape index (κ3) is 7.53. The number of piperidine rings is 1. The van der Waals surface area contributed by atoms with Crippen LogP contribution in [0.2, 0.25) is 0 Å². The van der Waals surface area contributed by atoms with Crippen molar-refractivity contribution in [1.82, 2.24) is 9.80 Å². The summed E-state index contributed by atoms with van der Waals surface area (Å²) in [6, 6.07) is 11.2. The summed E-state index contributed by atoms with van der Waals surface area (Å²) in [7, 11) is 3.56. The molecular weight excluding hydrogens is 335 g/mol. The number of methoxy groups -OCH3 is 1. The normalized spacial score (nSPS) is 15.6. The van der Waals surface area contributed by atoms with Crippen molar-refractivity contribution in [2.75, 3.05) is 33.8 Å². The molecule has 0 atom stereocenters. The van der Waals surface area contributed by atoms with Crippen molar-refractivity contribution in [2.45, 2.75) is 31.8 Å². The number of halogens is 2. The summed E-state index contributed by atoms with van der Waals surface area (Å²) < 4.78 is 4.70.